The third-order valence-electron chi connectivity index (χ3n) is 4.93. The predicted octanol–water partition coefficient (Wildman–Crippen LogP) is 3.81. The van der Waals surface area contributed by atoms with Crippen LogP contribution in [-0.4, -0.2) is 49.9 Å². The highest BCUT2D eigenvalue weighted by molar-refractivity contribution is 6.45. The first kappa shape index (κ1) is 23.5. The standard InChI is InChI=1S/C13H14N2O2.C11H10N2O3/c1-2-3-4-12(16)13(17)10-8-15-11-5-6-14-7-9(10)11;1-2-16-11(15)10(14)8-6-13-9-3-4-12-5-7(8)9/h5-8,15H,2-4H2,1H3;3-6,13H,2H2,1H3. The molecule has 2 N–H and O–H groups in total. The number of unbranched alkanes of at least 4 members (excludes halogenated alkanes) is 1. The maximum atomic E-state index is 11.9. The summed E-state index contributed by atoms with van der Waals surface area (Å²) in [5.41, 5.74) is 2.31. The van der Waals surface area contributed by atoms with Crippen LogP contribution >= 0.6 is 0 Å². The van der Waals surface area contributed by atoms with Gasteiger partial charge in [0.1, 0.15) is 0 Å². The van der Waals surface area contributed by atoms with Crippen LogP contribution in [0.25, 0.3) is 21.8 Å². The Labute approximate surface area is 189 Å². The molecule has 4 rings (SSSR count). The average molecular weight is 448 g/mol. The maximum Gasteiger partial charge on any atom is 0.379 e. The summed E-state index contributed by atoms with van der Waals surface area (Å²) in [7, 11) is 0. The van der Waals surface area contributed by atoms with E-state index in [9.17, 15) is 19.2 Å². The van der Waals surface area contributed by atoms with Crippen LogP contribution in [0, 0.1) is 0 Å². The van der Waals surface area contributed by atoms with Gasteiger partial charge in [0.25, 0.3) is 5.78 Å². The molecule has 0 bridgehead atoms. The molecule has 4 heterocycles. The molecule has 0 fully saturated rings. The molecule has 4 aromatic rings. The minimum Gasteiger partial charge on any atom is -0.460 e. The summed E-state index contributed by atoms with van der Waals surface area (Å²) in [4.78, 5) is 60.3. The van der Waals surface area contributed by atoms with E-state index in [1.165, 1.54) is 12.4 Å². The first-order valence-corrected chi connectivity index (χ1v) is 10.6. The number of H-pyrrole nitrogens is 2. The van der Waals surface area contributed by atoms with Crippen molar-refractivity contribution in [2.75, 3.05) is 6.61 Å². The molecular formula is C24H24N4O5. The number of rotatable bonds is 8. The van der Waals surface area contributed by atoms with Crippen LogP contribution in [0.1, 0.15) is 53.8 Å². The molecule has 0 aliphatic rings. The third-order valence-corrected chi connectivity index (χ3v) is 4.93. The Morgan fingerprint density at radius 3 is 1.91 bits per heavy atom. The lowest BCUT2D eigenvalue weighted by Crippen LogP contribution is -2.17. The number of hydrogen-bond acceptors (Lipinski definition) is 7. The lowest BCUT2D eigenvalue weighted by atomic mass is 10.0. The Morgan fingerprint density at radius 1 is 0.848 bits per heavy atom. The fourth-order valence-corrected chi connectivity index (χ4v) is 3.21. The largest absolute Gasteiger partial charge is 0.460 e. The zero-order chi connectivity index (χ0) is 23.8. The predicted molar refractivity (Wildman–Crippen MR) is 122 cm³/mol. The van der Waals surface area contributed by atoms with Crippen molar-refractivity contribution in [3.05, 3.63) is 60.4 Å². The van der Waals surface area contributed by atoms with Gasteiger partial charge in [-0.1, -0.05) is 13.3 Å². The molecule has 9 heteroatoms. The van der Waals surface area contributed by atoms with Crippen LogP contribution in [0.4, 0.5) is 0 Å². The summed E-state index contributed by atoms with van der Waals surface area (Å²) in [5.74, 6) is -2.23. The van der Waals surface area contributed by atoms with Crippen molar-refractivity contribution in [2.24, 2.45) is 0 Å². The second-order valence-corrected chi connectivity index (χ2v) is 7.15. The van der Waals surface area contributed by atoms with Gasteiger partial charge in [0.2, 0.25) is 11.6 Å². The monoisotopic (exact) mass is 448 g/mol. The molecule has 0 unspecified atom stereocenters. The molecule has 0 saturated carbocycles. The second kappa shape index (κ2) is 10.9. The van der Waals surface area contributed by atoms with Gasteiger partial charge in [-0.3, -0.25) is 24.4 Å². The second-order valence-electron chi connectivity index (χ2n) is 7.15. The number of Topliss-reactive ketones (excluding diaryl/α,β-unsaturated/α-hetero) is 3. The van der Waals surface area contributed by atoms with E-state index >= 15 is 0 Å². The van der Waals surface area contributed by atoms with E-state index in [1.807, 2.05) is 6.92 Å². The molecule has 0 atom stereocenters. The molecule has 33 heavy (non-hydrogen) atoms. The number of nitrogens with one attached hydrogen (secondary N) is 2. The number of nitrogens with zero attached hydrogens (tertiary/aromatic N) is 2. The van der Waals surface area contributed by atoms with Gasteiger partial charge in [-0.2, -0.15) is 0 Å². The number of esters is 1. The number of fused-ring (bicyclic) bond motifs is 2. The summed E-state index contributed by atoms with van der Waals surface area (Å²) in [5, 5.41) is 1.34. The zero-order valence-electron chi connectivity index (χ0n) is 18.4. The third kappa shape index (κ3) is 5.38. The van der Waals surface area contributed by atoms with E-state index in [0.29, 0.717) is 28.3 Å². The van der Waals surface area contributed by atoms with E-state index in [2.05, 4.69) is 24.7 Å². The van der Waals surface area contributed by atoms with Gasteiger partial charge in [0.15, 0.2) is 0 Å². The number of pyridine rings is 2. The van der Waals surface area contributed by atoms with Gasteiger partial charge in [-0.15, -0.1) is 0 Å². The topological polar surface area (TPSA) is 135 Å². The van der Waals surface area contributed by atoms with Crippen LogP contribution in [0.2, 0.25) is 0 Å². The highest BCUT2D eigenvalue weighted by Gasteiger charge is 2.21. The van der Waals surface area contributed by atoms with Crippen molar-refractivity contribution in [1.29, 1.82) is 0 Å². The van der Waals surface area contributed by atoms with Gasteiger partial charge < -0.3 is 14.7 Å². The SMILES string of the molecule is CCCCC(=O)C(=O)c1c[nH]c2ccncc12.CCOC(=O)C(=O)c1c[nH]c2ccncc12. The van der Waals surface area contributed by atoms with Crippen molar-refractivity contribution in [2.45, 2.75) is 33.1 Å². The van der Waals surface area contributed by atoms with Gasteiger partial charge in [-0.05, 0) is 25.5 Å². The first-order valence-electron chi connectivity index (χ1n) is 10.6. The van der Waals surface area contributed by atoms with Gasteiger partial charge in [0.05, 0.1) is 17.7 Å². The van der Waals surface area contributed by atoms with Gasteiger partial charge in [0, 0.05) is 65.4 Å². The van der Waals surface area contributed by atoms with Crippen LogP contribution in [-0.2, 0) is 14.3 Å². The number of aromatic nitrogens is 4. The molecule has 170 valence electrons. The minimum absolute atomic E-state index is 0.186. The zero-order valence-corrected chi connectivity index (χ0v) is 18.4. The smallest absolute Gasteiger partial charge is 0.379 e. The van der Waals surface area contributed by atoms with E-state index in [4.69, 9.17) is 0 Å². The van der Waals surface area contributed by atoms with Crippen molar-refractivity contribution >= 4 is 45.1 Å². The fourth-order valence-electron chi connectivity index (χ4n) is 3.21. The summed E-state index contributed by atoms with van der Waals surface area (Å²) >= 11 is 0. The number of ketones is 3. The minimum atomic E-state index is -0.841. The normalized spacial score (nSPS) is 10.5. The van der Waals surface area contributed by atoms with Crippen LogP contribution in [0.3, 0.4) is 0 Å². The highest BCUT2D eigenvalue weighted by Crippen LogP contribution is 2.18. The van der Waals surface area contributed by atoms with Crippen LogP contribution < -0.4 is 0 Å². The molecule has 0 radical (unpaired) electrons. The van der Waals surface area contributed by atoms with Crippen molar-refractivity contribution in [3.8, 4) is 0 Å². The summed E-state index contributed by atoms with van der Waals surface area (Å²) in [6.45, 7) is 3.83. The molecule has 9 nitrogen and oxygen atoms in total. The molecule has 4 aromatic heterocycles. The van der Waals surface area contributed by atoms with Crippen molar-refractivity contribution < 1.29 is 23.9 Å². The van der Waals surface area contributed by atoms with E-state index in [-0.39, 0.29) is 12.4 Å². The quantitative estimate of drug-likeness (QED) is 0.238. The Kier molecular flexibility index (Phi) is 7.80. The van der Waals surface area contributed by atoms with E-state index in [1.54, 1.807) is 43.8 Å². The number of ether oxygens (including phenoxy) is 1. The van der Waals surface area contributed by atoms with Gasteiger partial charge in [-0.25, -0.2) is 4.79 Å². The lowest BCUT2D eigenvalue weighted by Gasteiger charge is -1.98. The average Bonchev–Trinajstić information content (AvgIpc) is 3.46. The molecule has 0 saturated heterocycles. The maximum absolute atomic E-state index is 11.9. The van der Waals surface area contributed by atoms with Crippen LogP contribution in [0.5, 0.6) is 0 Å². The lowest BCUT2D eigenvalue weighted by molar-refractivity contribution is -0.137. The molecular weight excluding hydrogens is 424 g/mol. The molecule has 0 aromatic carbocycles. The van der Waals surface area contributed by atoms with Crippen LogP contribution in [0.15, 0.2) is 49.3 Å². The fraction of sp³-hybridized carbons (Fsp3) is 0.250. The molecule has 0 aliphatic heterocycles. The van der Waals surface area contributed by atoms with Crippen molar-refractivity contribution in [3.63, 3.8) is 0 Å². The summed E-state index contributed by atoms with van der Waals surface area (Å²) in [6, 6.07) is 3.51. The summed E-state index contributed by atoms with van der Waals surface area (Å²) < 4.78 is 4.65. The number of carbonyl (C=O) groups excluding carboxylic acids is 4. The van der Waals surface area contributed by atoms with E-state index < -0.39 is 17.5 Å². The number of carbonyl (C=O) groups is 4. The Bertz CT molecular complexity index is 1300. The number of hydrogen-bond donors (Lipinski definition) is 2. The Morgan fingerprint density at radius 2 is 1.39 bits per heavy atom. The molecule has 0 aliphatic carbocycles. The van der Waals surface area contributed by atoms with Crippen molar-refractivity contribution in [1.82, 2.24) is 19.9 Å². The Balaban J connectivity index is 0.000000186. The molecule has 0 amide bonds. The van der Waals surface area contributed by atoms with Gasteiger partial charge >= 0.3 is 5.97 Å². The first-order chi connectivity index (χ1) is 16.0. The molecule has 0 spiro atoms. The number of aromatic amines is 2. The summed E-state index contributed by atoms with van der Waals surface area (Å²) in [6.07, 6.45) is 11.5. The van der Waals surface area contributed by atoms with E-state index in [0.717, 1.165) is 23.9 Å². The highest BCUT2D eigenvalue weighted by atomic mass is 16.5. The Hall–Kier alpha value is -4.14.